The summed E-state index contributed by atoms with van der Waals surface area (Å²) in [4.78, 5) is 74.5. The van der Waals surface area contributed by atoms with Gasteiger partial charge in [-0.25, -0.2) is 29.9 Å². The molecule has 1 fully saturated rings. The normalized spacial score (nSPS) is 13.3. The Labute approximate surface area is 374 Å². The van der Waals surface area contributed by atoms with Gasteiger partial charge in [0.05, 0.1) is 41.0 Å². The van der Waals surface area contributed by atoms with Crippen LogP contribution in [0.5, 0.6) is 0 Å². The molecule has 0 unspecified atom stereocenters. The number of H-pyrrole nitrogens is 3. The predicted molar refractivity (Wildman–Crippen MR) is 245 cm³/mol. The van der Waals surface area contributed by atoms with E-state index in [0.29, 0.717) is 64.5 Å². The first-order chi connectivity index (χ1) is 28.0. The van der Waals surface area contributed by atoms with Gasteiger partial charge in [0.2, 0.25) is 0 Å². The molecule has 8 rings (SSSR count). The summed E-state index contributed by atoms with van der Waals surface area (Å²) < 4.78 is 1.20. The van der Waals surface area contributed by atoms with Crippen molar-refractivity contribution >= 4 is 112 Å². The topological polar surface area (TPSA) is 179 Å². The van der Waals surface area contributed by atoms with Crippen LogP contribution in [0.3, 0.4) is 0 Å². The molecule has 0 radical (unpaired) electrons. The molecule has 0 spiro atoms. The Morgan fingerprint density at radius 1 is 0.650 bits per heavy atom. The van der Waals surface area contributed by atoms with Crippen molar-refractivity contribution in [2.75, 3.05) is 18.0 Å². The van der Waals surface area contributed by atoms with Crippen molar-refractivity contribution in [1.82, 2.24) is 44.9 Å². The summed E-state index contributed by atoms with van der Waals surface area (Å²) in [5, 5.41) is 0.589. The molecule has 60 heavy (non-hydrogen) atoms. The third-order valence-corrected chi connectivity index (χ3v) is 10.9. The molecule has 3 N–H and O–H groups in total. The number of fused-ring (bicyclic) bond motifs is 3. The van der Waals surface area contributed by atoms with Crippen molar-refractivity contribution in [3.63, 3.8) is 0 Å². The van der Waals surface area contributed by atoms with Crippen LogP contribution >= 0.6 is 55.1 Å². The van der Waals surface area contributed by atoms with Gasteiger partial charge in [-0.2, -0.15) is 0 Å². The third kappa shape index (κ3) is 9.80. The molecule has 0 amide bonds. The minimum atomic E-state index is -0.549. The van der Waals surface area contributed by atoms with E-state index in [2.05, 4.69) is 88.8 Å². The number of rotatable bonds is 5. The van der Waals surface area contributed by atoms with Gasteiger partial charge in [0, 0.05) is 46.8 Å². The number of hydrogen-bond donors (Lipinski definition) is 3. The summed E-state index contributed by atoms with van der Waals surface area (Å²) in [6.07, 6.45) is 9.02. The molecule has 13 nitrogen and oxygen atoms in total. The van der Waals surface area contributed by atoms with E-state index in [0.717, 1.165) is 24.3 Å². The van der Waals surface area contributed by atoms with E-state index >= 15 is 0 Å². The molecule has 1 aliphatic heterocycles. The zero-order valence-electron chi connectivity index (χ0n) is 34.8. The fourth-order valence-electron chi connectivity index (χ4n) is 6.42. The van der Waals surface area contributed by atoms with Crippen LogP contribution in [0, 0.1) is 16.2 Å². The fourth-order valence-corrected chi connectivity index (χ4v) is 7.51. The fraction of sp³-hybridized carbons (Fsp3) is 0.372. The summed E-state index contributed by atoms with van der Waals surface area (Å²) in [6.45, 7) is 19.0. The van der Waals surface area contributed by atoms with E-state index in [4.69, 9.17) is 28.2 Å². The van der Waals surface area contributed by atoms with Gasteiger partial charge in [-0.1, -0.05) is 97.6 Å². The van der Waals surface area contributed by atoms with E-state index in [9.17, 15) is 14.4 Å². The molecule has 17 heteroatoms. The van der Waals surface area contributed by atoms with Crippen LogP contribution in [0.15, 0.2) is 58.3 Å². The van der Waals surface area contributed by atoms with Crippen molar-refractivity contribution < 1.29 is 14.4 Å². The number of hydrogen-bond acceptors (Lipinski definition) is 10. The van der Waals surface area contributed by atoms with Gasteiger partial charge in [-0.15, -0.1) is 0 Å². The largest absolute Gasteiger partial charge is 0.372 e. The molecule has 1 aliphatic rings. The molecular weight excluding hydrogens is 935 g/mol. The van der Waals surface area contributed by atoms with Crippen LogP contribution in [0.25, 0.3) is 44.7 Å². The minimum Gasteiger partial charge on any atom is -0.372 e. The monoisotopic (exact) mass is 978 g/mol. The number of ketones is 3. The molecule has 1 saturated heterocycles. The van der Waals surface area contributed by atoms with Crippen LogP contribution in [0.4, 0.5) is 5.69 Å². The Balaban J connectivity index is 0.000000159. The lowest BCUT2D eigenvalue weighted by molar-refractivity contribution is 0.0854. The Bertz CT molecular complexity index is 2750. The third-order valence-electron chi connectivity index (χ3n) is 9.59. The zero-order chi connectivity index (χ0) is 43.9. The van der Waals surface area contributed by atoms with Gasteiger partial charge in [-0.05, 0) is 56.8 Å². The van der Waals surface area contributed by atoms with E-state index < -0.39 is 16.2 Å². The van der Waals surface area contributed by atoms with Gasteiger partial charge < -0.3 is 19.9 Å². The van der Waals surface area contributed by atoms with Gasteiger partial charge in [0.25, 0.3) is 0 Å². The molecule has 7 aromatic rings. The molecule has 1 aromatic carbocycles. The molecule has 7 heterocycles. The summed E-state index contributed by atoms with van der Waals surface area (Å²) in [7, 11) is 0. The Morgan fingerprint density at radius 3 is 1.67 bits per heavy atom. The number of nitrogens with one attached hydrogen (secondary N) is 3. The molecule has 314 valence electrons. The quantitative estimate of drug-likeness (QED) is 0.141. The highest BCUT2D eigenvalue weighted by molar-refractivity contribution is 9.10. The maximum absolute atomic E-state index is 12.9. The lowest BCUT2D eigenvalue weighted by atomic mass is 9.87. The van der Waals surface area contributed by atoms with Crippen LogP contribution in [-0.4, -0.2) is 75.3 Å². The van der Waals surface area contributed by atoms with E-state index in [1.165, 1.54) is 18.5 Å². The molecule has 0 atom stereocenters. The molecule has 0 saturated carbocycles. The molecular formula is C43H46Br2Cl2N10O3. The van der Waals surface area contributed by atoms with Crippen molar-refractivity contribution in [2.24, 2.45) is 16.2 Å². The second-order valence-corrected chi connectivity index (χ2v) is 19.9. The second kappa shape index (κ2) is 17.4. The number of nitrogens with zero attached hydrogens (tertiary/aromatic N) is 7. The van der Waals surface area contributed by atoms with Crippen LogP contribution in [0.1, 0.15) is 106 Å². The zero-order valence-corrected chi connectivity index (χ0v) is 39.5. The maximum Gasteiger partial charge on any atom is 0.173 e. The summed E-state index contributed by atoms with van der Waals surface area (Å²) in [5.41, 5.74) is 6.21. The molecule has 6 aromatic heterocycles. The van der Waals surface area contributed by atoms with Crippen molar-refractivity contribution in [3.05, 3.63) is 85.3 Å². The second-order valence-electron chi connectivity index (χ2n) is 17.5. The SMILES string of the molecule is CC(C)(C)C(=O)c1c(Cl)[nH]c2ncc(-c3cccc(N4CCCC4)c3)nc12.CC(C)(C)C(=O)c1c(Cl)[nH]c2ncc(Br)nc12.CC(C)(C)C(=O)c1c[nH]c2ncc(Br)nc12. The van der Waals surface area contributed by atoms with Crippen LogP contribution < -0.4 is 4.90 Å². The number of aromatic nitrogens is 9. The van der Waals surface area contributed by atoms with Crippen molar-refractivity contribution in [1.29, 1.82) is 0 Å². The number of Topliss-reactive ketones (excluding diaryl/α,β-unsaturated/α-hetero) is 3. The van der Waals surface area contributed by atoms with E-state index in [1.807, 2.05) is 74.4 Å². The van der Waals surface area contributed by atoms with Gasteiger partial charge in [0.15, 0.2) is 34.3 Å². The van der Waals surface area contributed by atoms with Crippen LogP contribution in [0.2, 0.25) is 10.3 Å². The Hall–Kier alpha value is -4.57. The summed E-state index contributed by atoms with van der Waals surface area (Å²) in [5.74, 6) is -0.0386. The summed E-state index contributed by atoms with van der Waals surface area (Å²) in [6, 6.07) is 8.33. The van der Waals surface area contributed by atoms with E-state index in [1.54, 1.807) is 24.8 Å². The number of aromatic amines is 3. The summed E-state index contributed by atoms with van der Waals surface area (Å²) >= 11 is 18.8. The molecule has 0 bridgehead atoms. The van der Waals surface area contributed by atoms with Gasteiger partial charge in [-0.3, -0.25) is 14.4 Å². The number of carbonyl (C=O) groups is 3. The highest BCUT2D eigenvalue weighted by atomic mass is 79.9. The average molecular weight is 982 g/mol. The first-order valence-electron chi connectivity index (χ1n) is 19.3. The van der Waals surface area contributed by atoms with E-state index in [-0.39, 0.29) is 22.5 Å². The molecule has 0 aliphatic carbocycles. The number of anilines is 1. The lowest BCUT2D eigenvalue weighted by Gasteiger charge is -2.18. The number of halogens is 4. The lowest BCUT2D eigenvalue weighted by Crippen LogP contribution is -2.20. The van der Waals surface area contributed by atoms with Crippen molar-refractivity contribution in [3.8, 4) is 11.3 Å². The number of carbonyl (C=O) groups excluding carboxylic acids is 3. The standard InChI is InChI=1S/C21H23ClN4O.C11H11BrClN3O.C11H12BrN3O/c1-21(2,3)18(27)16-17-20(25-19(16)22)23-12-15(24-17)13-7-6-8-14(11-13)26-9-4-5-10-26;1-11(2,3)8(17)6-7-10(16-9(6)13)14-4-5(12)15-7;1-11(2,3)9(16)6-4-13-10-8(6)15-7(12)5-14-10/h6-8,11-12H,4-5,9-10H2,1-3H3,(H,23,25);4H,1-3H3,(H,14,16);4-5H,1-3H3,(H,13,14). The van der Waals surface area contributed by atoms with Crippen molar-refractivity contribution in [2.45, 2.75) is 75.2 Å². The highest BCUT2D eigenvalue weighted by Gasteiger charge is 2.31. The maximum atomic E-state index is 12.9. The van der Waals surface area contributed by atoms with Crippen LogP contribution in [-0.2, 0) is 0 Å². The van der Waals surface area contributed by atoms with Gasteiger partial charge in [0.1, 0.15) is 36.1 Å². The Morgan fingerprint density at radius 2 is 1.13 bits per heavy atom. The first-order valence-corrected chi connectivity index (χ1v) is 21.6. The predicted octanol–water partition coefficient (Wildman–Crippen LogP) is 11.7. The van der Waals surface area contributed by atoms with Gasteiger partial charge >= 0.3 is 0 Å². The first kappa shape index (κ1) is 45.0. The smallest absolute Gasteiger partial charge is 0.173 e. The average Bonchev–Trinajstić information content (AvgIpc) is 3.98. The number of benzene rings is 1. The Kier molecular flexibility index (Phi) is 13.1. The highest BCUT2D eigenvalue weighted by Crippen LogP contribution is 2.34. The minimum absolute atomic E-state index is 0.0454.